The van der Waals surface area contributed by atoms with Crippen LogP contribution < -0.4 is 0 Å². The minimum absolute atomic E-state index is 0.0736. The summed E-state index contributed by atoms with van der Waals surface area (Å²) in [5.41, 5.74) is -1.69. The standard InChI is InChI=1S/C16H27NO5/c1-12(22-13-6-4-2-3-5-7-13)14(18)17-10-8-16(21,9-11-17)15(19)20/h12-13,21H,2-11H2,1H3,(H,19,20). The molecule has 1 saturated heterocycles. The largest absolute Gasteiger partial charge is 0.479 e. The van der Waals surface area contributed by atoms with E-state index in [4.69, 9.17) is 9.84 Å². The number of amides is 1. The van der Waals surface area contributed by atoms with Gasteiger partial charge in [-0.3, -0.25) is 4.79 Å². The number of carbonyl (C=O) groups is 2. The summed E-state index contributed by atoms with van der Waals surface area (Å²) >= 11 is 0. The van der Waals surface area contributed by atoms with Crippen LogP contribution in [0.1, 0.15) is 58.3 Å². The molecule has 22 heavy (non-hydrogen) atoms. The number of aliphatic carboxylic acids is 1. The summed E-state index contributed by atoms with van der Waals surface area (Å²) in [6.07, 6.45) is 6.61. The minimum atomic E-state index is -1.69. The van der Waals surface area contributed by atoms with Gasteiger partial charge in [-0.25, -0.2) is 4.79 Å². The highest BCUT2D eigenvalue weighted by Gasteiger charge is 2.41. The summed E-state index contributed by atoms with van der Waals surface area (Å²) < 4.78 is 5.92. The van der Waals surface area contributed by atoms with Gasteiger partial charge < -0.3 is 19.8 Å². The number of hydrogen-bond donors (Lipinski definition) is 2. The normalized spacial score (nSPS) is 24.5. The van der Waals surface area contributed by atoms with Crippen molar-refractivity contribution in [3.05, 3.63) is 0 Å². The Labute approximate surface area is 131 Å². The SMILES string of the molecule is CC(OC1CCCCCC1)C(=O)N1CCC(O)(C(=O)O)CC1. The molecule has 1 amide bonds. The maximum absolute atomic E-state index is 12.4. The molecule has 1 atom stereocenters. The van der Waals surface area contributed by atoms with Gasteiger partial charge in [-0.1, -0.05) is 25.7 Å². The molecule has 1 unspecified atom stereocenters. The van der Waals surface area contributed by atoms with Gasteiger partial charge in [0.15, 0.2) is 5.60 Å². The molecule has 0 aromatic carbocycles. The summed E-state index contributed by atoms with van der Waals surface area (Å²) in [6, 6.07) is 0. The van der Waals surface area contributed by atoms with Gasteiger partial charge >= 0.3 is 5.97 Å². The molecule has 0 radical (unpaired) electrons. The molecular weight excluding hydrogens is 286 g/mol. The van der Waals surface area contributed by atoms with Crippen LogP contribution in [0, 0.1) is 0 Å². The molecule has 6 nitrogen and oxygen atoms in total. The molecule has 1 aliphatic carbocycles. The van der Waals surface area contributed by atoms with E-state index in [-0.39, 0.29) is 37.9 Å². The molecule has 2 rings (SSSR count). The van der Waals surface area contributed by atoms with Crippen LogP contribution in [0.2, 0.25) is 0 Å². The molecule has 2 aliphatic rings. The van der Waals surface area contributed by atoms with Gasteiger partial charge in [-0.15, -0.1) is 0 Å². The predicted molar refractivity (Wildman–Crippen MR) is 80.4 cm³/mol. The molecule has 0 aromatic rings. The van der Waals surface area contributed by atoms with Crippen molar-refractivity contribution in [2.45, 2.75) is 76.1 Å². The maximum Gasteiger partial charge on any atom is 0.335 e. The van der Waals surface area contributed by atoms with Crippen LogP contribution in [0.5, 0.6) is 0 Å². The van der Waals surface area contributed by atoms with E-state index < -0.39 is 17.7 Å². The van der Waals surface area contributed by atoms with Gasteiger partial charge in [0.1, 0.15) is 6.10 Å². The number of aliphatic hydroxyl groups is 1. The van der Waals surface area contributed by atoms with E-state index in [1.165, 1.54) is 12.8 Å². The van der Waals surface area contributed by atoms with Gasteiger partial charge in [-0.05, 0) is 19.8 Å². The van der Waals surface area contributed by atoms with E-state index in [0.717, 1.165) is 25.7 Å². The fourth-order valence-electron chi connectivity index (χ4n) is 3.29. The minimum Gasteiger partial charge on any atom is -0.479 e. The van der Waals surface area contributed by atoms with Crippen molar-refractivity contribution < 1.29 is 24.5 Å². The Hall–Kier alpha value is -1.14. The quantitative estimate of drug-likeness (QED) is 0.769. The van der Waals surface area contributed by atoms with Crippen LogP contribution in [0.3, 0.4) is 0 Å². The van der Waals surface area contributed by atoms with Gasteiger partial charge in [0, 0.05) is 25.9 Å². The molecular formula is C16H27NO5. The van der Waals surface area contributed by atoms with E-state index in [9.17, 15) is 14.7 Å². The van der Waals surface area contributed by atoms with Crippen molar-refractivity contribution in [2.24, 2.45) is 0 Å². The summed E-state index contributed by atoms with van der Waals surface area (Å²) in [4.78, 5) is 25.0. The van der Waals surface area contributed by atoms with Crippen molar-refractivity contribution >= 4 is 11.9 Å². The van der Waals surface area contributed by atoms with Crippen LogP contribution in [0.25, 0.3) is 0 Å². The van der Waals surface area contributed by atoms with Crippen LogP contribution in [0.15, 0.2) is 0 Å². The Morgan fingerprint density at radius 2 is 1.68 bits per heavy atom. The first-order valence-electron chi connectivity index (χ1n) is 8.32. The summed E-state index contributed by atoms with van der Waals surface area (Å²) in [7, 11) is 0. The zero-order valence-electron chi connectivity index (χ0n) is 13.3. The number of piperidine rings is 1. The number of carbonyl (C=O) groups excluding carboxylic acids is 1. The maximum atomic E-state index is 12.4. The van der Waals surface area contributed by atoms with Crippen LogP contribution in [-0.4, -0.2) is 57.9 Å². The summed E-state index contributed by atoms with van der Waals surface area (Å²) in [5, 5.41) is 18.9. The monoisotopic (exact) mass is 313 g/mol. The average Bonchev–Trinajstić information content (AvgIpc) is 2.76. The number of nitrogens with zero attached hydrogens (tertiary/aromatic N) is 1. The lowest BCUT2D eigenvalue weighted by atomic mass is 9.91. The third-order valence-corrected chi connectivity index (χ3v) is 4.85. The van der Waals surface area contributed by atoms with E-state index in [1.807, 2.05) is 0 Å². The van der Waals surface area contributed by atoms with Crippen molar-refractivity contribution in [1.82, 2.24) is 4.90 Å². The highest BCUT2D eigenvalue weighted by atomic mass is 16.5. The van der Waals surface area contributed by atoms with Crippen molar-refractivity contribution in [1.29, 1.82) is 0 Å². The lowest BCUT2D eigenvalue weighted by Gasteiger charge is -2.36. The van der Waals surface area contributed by atoms with E-state index in [1.54, 1.807) is 11.8 Å². The molecule has 0 bridgehead atoms. The predicted octanol–water partition coefficient (Wildman–Crippen LogP) is 1.55. The second-order valence-electron chi connectivity index (χ2n) is 6.55. The zero-order chi connectivity index (χ0) is 16.2. The van der Waals surface area contributed by atoms with Crippen LogP contribution in [0.4, 0.5) is 0 Å². The van der Waals surface area contributed by atoms with Crippen molar-refractivity contribution in [3.63, 3.8) is 0 Å². The topological polar surface area (TPSA) is 87.1 Å². The second-order valence-corrected chi connectivity index (χ2v) is 6.55. The Bertz CT molecular complexity index is 395. The highest BCUT2D eigenvalue weighted by molar-refractivity contribution is 5.82. The molecule has 6 heteroatoms. The molecule has 1 heterocycles. The summed E-state index contributed by atoms with van der Waals surface area (Å²) in [6.45, 7) is 2.30. The van der Waals surface area contributed by atoms with Gasteiger partial charge in [-0.2, -0.15) is 0 Å². The van der Waals surface area contributed by atoms with Gasteiger partial charge in [0.2, 0.25) is 0 Å². The molecule has 0 aromatic heterocycles. The second kappa shape index (κ2) is 7.42. The molecule has 2 N–H and O–H groups in total. The number of ether oxygens (including phenoxy) is 1. The first-order valence-corrected chi connectivity index (χ1v) is 8.32. The number of likely N-dealkylation sites (tertiary alicyclic amines) is 1. The number of carboxylic acid groups (broad SMARTS) is 1. The number of hydrogen-bond acceptors (Lipinski definition) is 4. The molecule has 1 saturated carbocycles. The Morgan fingerprint density at radius 3 is 2.18 bits per heavy atom. The fourth-order valence-corrected chi connectivity index (χ4v) is 3.29. The third-order valence-electron chi connectivity index (χ3n) is 4.85. The Morgan fingerprint density at radius 1 is 1.14 bits per heavy atom. The fraction of sp³-hybridized carbons (Fsp3) is 0.875. The van der Waals surface area contributed by atoms with Crippen molar-refractivity contribution in [2.75, 3.05) is 13.1 Å². The Kier molecular flexibility index (Phi) is 5.81. The zero-order valence-corrected chi connectivity index (χ0v) is 13.3. The van der Waals surface area contributed by atoms with E-state index >= 15 is 0 Å². The van der Waals surface area contributed by atoms with Crippen molar-refractivity contribution in [3.8, 4) is 0 Å². The summed E-state index contributed by atoms with van der Waals surface area (Å²) in [5.74, 6) is -1.31. The molecule has 1 aliphatic heterocycles. The first-order chi connectivity index (χ1) is 10.4. The van der Waals surface area contributed by atoms with Gasteiger partial charge in [0.25, 0.3) is 5.91 Å². The third kappa shape index (κ3) is 4.20. The molecule has 2 fully saturated rings. The highest BCUT2D eigenvalue weighted by Crippen LogP contribution is 2.25. The van der Waals surface area contributed by atoms with E-state index in [2.05, 4.69) is 0 Å². The van der Waals surface area contributed by atoms with Crippen LogP contribution in [-0.2, 0) is 14.3 Å². The van der Waals surface area contributed by atoms with Gasteiger partial charge in [0.05, 0.1) is 6.10 Å². The average molecular weight is 313 g/mol. The molecule has 126 valence electrons. The first kappa shape index (κ1) is 17.2. The smallest absolute Gasteiger partial charge is 0.335 e. The Balaban J connectivity index is 1.82. The lowest BCUT2D eigenvalue weighted by molar-refractivity contribution is -0.167. The number of carboxylic acids is 1. The lowest BCUT2D eigenvalue weighted by Crippen LogP contribution is -2.52. The van der Waals surface area contributed by atoms with Crippen LogP contribution >= 0.6 is 0 Å². The van der Waals surface area contributed by atoms with E-state index in [0.29, 0.717) is 0 Å². The molecule has 0 spiro atoms. The number of rotatable bonds is 4.